The summed E-state index contributed by atoms with van der Waals surface area (Å²) in [5, 5.41) is 5.02. The summed E-state index contributed by atoms with van der Waals surface area (Å²) in [6.45, 7) is 9.58. The molecule has 0 bridgehead atoms. The van der Waals surface area contributed by atoms with Crippen molar-refractivity contribution in [1.82, 2.24) is 4.37 Å². The first-order valence-electron chi connectivity index (χ1n) is 7.77. The summed E-state index contributed by atoms with van der Waals surface area (Å²) < 4.78 is 4.37. The number of aromatic nitrogens is 1. The Balaban J connectivity index is 1.77. The molecule has 2 aliphatic rings. The molecule has 3 N–H and O–H groups in total. The van der Waals surface area contributed by atoms with Gasteiger partial charge in [-0.3, -0.25) is 0 Å². The molecule has 1 aromatic heterocycles. The molecule has 1 heterocycles. The predicted octanol–water partition coefficient (Wildman–Crippen LogP) is 4.62. The number of anilines is 2. The number of nitrogens with zero attached hydrogens (tertiary/aromatic N) is 1. The van der Waals surface area contributed by atoms with E-state index in [9.17, 15) is 0 Å². The number of nitrogens with two attached hydrogens (primary N) is 1. The molecule has 4 heteroatoms. The van der Waals surface area contributed by atoms with Crippen molar-refractivity contribution < 1.29 is 0 Å². The maximum atomic E-state index is 6.05. The quantitative estimate of drug-likeness (QED) is 0.855. The Hall–Kier alpha value is -0.770. The van der Waals surface area contributed by atoms with Gasteiger partial charge in [0.1, 0.15) is 10.8 Å². The minimum atomic E-state index is 0.412. The molecule has 0 unspecified atom stereocenters. The van der Waals surface area contributed by atoms with Crippen molar-refractivity contribution in [1.29, 1.82) is 0 Å². The first kappa shape index (κ1) is 14.2. The minimum absolute atomic E-state index is 0.412. The van der Waals surface area contributed by atoms with Crippen molar-refractivity contribution in [2.75, 3.05) is 11.1 Å². The Bertz CT molecular complexity index is 484. The van der Waals surface area contributed by atoms with Crippen LogP contribution in [0.5, 0.6) is 0 Å². The minimum Gasteiger partial charge on any atom is -0.383 e. The molecule has 3 nitrogen and oxygen atoms in total. The third kappa shape index (κ3) is 2.95. The topological polar surface area (TPSA) is 50.9 Å². The molecule has 1 aromatic rings. The average molecular weight is 293 g/mol. The Morgan fingerprint density at radius 2 is 1.75 bits per heavy atom. The SMILES string of the molecule is CC1(C)CC(Nc2snc(N)c2C2CC2)CC(C)(C)C1. The van der Waals surface area contributed by atoms with E-state index >= 15 is 0 Å². The van der Waals surface area contributed by atoms with E-state index in [1.54, 1.807) is 11.5 Å². The fraction of sp³-hybridized carbons (Fsp3) is 0.812. The molecule has 0 spiro atoms. The normalized spacial score (nSPS) is 25.6. The van der Waals surface area contributed by atoms with Gasteiger partial charge < -0.3 is 11.1 Å². The second-order valence-corrected chi connectivity index (χ2v) is 9.11. The average Bonchev–Trinajstić information content (AvgIpc) is 3.01. The number of nitrogens with one attached hydrogen (secondary N) is 1. The summed E-state index contributed by atoms with van der Waals surface area (Å²) in [5.41, 5.74) is 8.18. The smallest absolute Gasteiger partial charge is 0.142 e. The zero-order chi connectivity index (χ0) is 14.5. The van der Waals surface area contributed by atoms with Crippen LogP contribution in [-0.2, 0) is 0 Å². The summed E-state index contributed by atoms with van der Waals surface area (Å²) in [6, 6.07) is 0.547. The first-order chi connectivity index (χ1) is 9.26. The Labute approximate surface area is 126 Å². The highest BCUT2D eigenvalue weighted by atomic mass is 32.1. The van der Waals surface area contributed by atoms with Crippen molar-refractivity contribution >= 4 is 22.4 Å². The first-order valence-corrected chi connectivity index (χ1v) is 8.55. The molecule has 0 aliphatic heterocycles. The number of hydrogen-bond donors (Lipinski definition) is 2. The zero-order valence-corrected chi connectivity index (χ0v) is 13.9. The van der Waals surface area contributed by atoms with Crippen LogP contribution in [0.1, 0.15) is 71.3 Å². The summed E-state index contributed by atoms with van der Waals surface area (Å²) >= 11 is 1.55. The van der Waals surface area contributed by atoms with Gasteiger partial charge in [-0.15, -0.1) is 0 Å². The van der Waals surface area contributed by atoms with Gasteiger partial charge in [-0.2, -0.15) is 4.37 Å². The van der Waals surface area contributed by atoms with Crippen LogP contribution in [0, 0.1) is 10.8 Å². The zero-order valence-electron chi connectivity index (χ0n) is 13.1. The molecule has 0 radical (unpaired) electrons. The van der Waals surface area contributed by atoms with E-state index in [0.29, 0.717) is 22.8 Å². The molecule has 2 saturated carbocycles. The lowest BCUT2D eigenvalue weighted by atomic mass is 9.63. The fourth-order valence-electron chi connectivity index (χ4n) is 4.31. The van der Waals surface area contributed by atoms with E-state index in [0.717, 1.165) is 5.82 Å². The van der Waals surface area contributed by atoms with Gasteiger partial charge in [0.25, 0.3) is 0 Å². The lowest BCUT2D eigenvalue weighted by Crippen LogP contribution is -2.40. The monoisotopic (exact) mass is 293 g/mol. The molecule has 3 rings (SSSR count). The van der Waals surface area contributed by atoms with E-state index in [1.165, 1.54) is 42.7 Å². The molecular weight excluding hydrogens is 266 g/mol. The molecule has 0 amide bonds. The summed E-state index contributed by atoms with van der Waals surface area (Å²) in [5.74, 6) is 1.43. The molecule has 2 aliphatic carbocycles. The molecule has 20 heavy (non-hydrogen) atoms. The summed E-state index contributed by atoms with van der Waals surface area (Å²) in [6.07, 6.45) is 6.33. The highest BCUT2D eigenvalue weighted by molar-refractivity contribution is 7.10. The number of rotatable bonds is 3. The highest BCUT2D eigenvalue weighted by Crippen LogP contribution is 2.50. The largest absolute Gasteiger partial charge is 0.383 e. The van der Waals surface area contributed by atoms with Crippen molar-refractivity contribution in [2.24, 2.45) is 10.8 Å². The van der Waals surface area contributed by atoms with Gasteiger partial charge in [0.05, 0.1) is 0 Å². The number of nitrogen functional groups attached to an aromatic ring is 1. The van der Waals surface area contributed by atoms with Crippen LogP contribution in [0.3, 0.4) is 0 Å². The van der Waals surface area contributed by atoms with Gasteiger partial charge in [-0.25, -0.2) is 0 Å². The predicted molar refractivity (Wildman–Crippen MR) is 87.3 cm³/mol. The van der Waals surface area contributed by atoms with Crippen molar-refractivity contribution in [3.05, 3.63) is 5.56 Å². The van der Waals surface area contributed by atoms with Crippen molar-refractivity contribution in [3.63, 3.8) is 0 Å². The second kappa shape index (κ2) is 4.62. The molecule has 112 valence electrons. The van der Waals surface area contributed by atoms with Gasteiger partial charge in [0.2, 0.25) is 0 Å². The van der Waals surface area contributed by atoms with Crippen LogP contribution in [0.15, 0.2) is 0 Å². The van der Waals surface area contributed by atoms with E-state index < -0.39 is 0 Å². The number of hydrogen-bond acceptors (Lipinski definition) is 4. The van der Waals surface area contributed by atoms with Crippen molar-refractivity contribution in [2.45, 2.75) is 71.8 Å². The molecule has 0 aromatic carbocycles. The van der Waals surface area contributed by atoms with E-state index in [-0.39, 0.29) is 0 Å². The lowest BCUT2D eigenvalue weighted by molar-refractivity contribution is 0.105. The van der Waals surface area contributed by atoms with Crippen LogP contribution in [0.4, 0.5) is 10.8 Å². The fourth-order valence-corrected chi connectivity index (χ4v) is 5.19. The van der Waals surface area contributed by atoms with Gasteiger partial charge in [-0.05, 0) is 60.4 Å². The van der Waals surface area contributed by atoms with E-state index in [1.807, 2.05) is 0 Å². The maximum absolute atomic E-state index is 6.05. The van der Waals surface area contributed by atoms with Crippen molar-refractivity contribution in [3.8, 4) is 0 Å². The lowest BCUT2D eigenvalue weighted by Gasteiger charge is -2.45. The Kier molecular flexibility index (Phi) is 3.27. The third-order valence-corrected chi connectivity index (χ3v) is 5.44. The van der Waals surface area contributed by atoms with Crippen LogP contribution in [0.2, 0.25) is 0 Å². The van der Waals surface area contributed by atoms with Gasteiger partial charge in [0.15, 0.2) is 0 Å². The maximum Gasteiger partial charge on any atom is 0.142 e. The summed E-state index contributed by atoms with van der Waals surface area (Å²) in [7, 11) is 0. The Morgan fingerprint density at radius 3 is 2.30 bits per heavy atom. The van der Waals surface area contributed by atoms with Gasteiger partial charge >= 0.3 is 0 Å². The summed E-state index contributed by atoms with van der Waals surface area (Å²) in [4.78, 5) is 0. The van der Waals surface area contributed by atoms with Gasteiger partial charge in [0, 0.05) is 11.6 Å². The van der Waals surface area contributed by atoms with Crippen LogP contribution >= 0.6 is 11.5 Å². The van der Waals surface area contributed by atoms with Crippen LogP contribution in [-0.4, -0.2) is 10.4 Å². The molecule has 2 fully saturated rings. The van der Waals surface area contributed by atoms with E-state index in [2.05, 4.69) is 37.4 Å². The molecule has 0 atom stereocenters. The van der Waals surface area contributed by atoms with E-state index in [4.69, 9.17) is 5.73 Å². The third-order valence-electron chi connectivity index (χ3n) is 4.63. The standard InChI is InChI=1S/C16H27N3S/c1-15(2)7-11(8-16(3,4)9-15)18-14-12(10-5-6-10)13(17)19-20-14/h10-11,18H,5-9H2,1-4H3,(H2,17,19). The van der Waals surface area contributed by atoms with Crippen LogP contribution in [0.25, 0.3) is 0 Å². The Morgan fingerprint density at radius 1 is 1.15 bits per heavy atom. The molecule has 0 saturated heterocycles. The highest BCUT2D eigenvalue weighted by Gasteiger charge is 2.39. The van der Waals surface area contributed by atoms with Crippen LogP contribution < -0.4 is 11.1 Å². The van der Waals surface area contributed by atoms with Gasteiger partial charge in [-0.1, -0.05) is 27.7 Å². The second-order valence-electron chi connectivity index (χ2n) is 8.34. The molecular formula is C16H27N3S.